The highest BCUT2D eigenvalue weighted by Crippen LogP contribution is 2.44. The van der Waals surface area contributed by atoms with Crippen LogP contribution in [0.25, 0.3) is 0 Å². The lowest BCUT2D eigenvalue weighted by molar-refractivity contribution is -0.138. The van der Waals surface area contributed by atoms with E-state index in [9.17, 15) is 4.79 Å². The van der Waals surface area contributed by atoms with Gasteiger partial charge in [-0.25, -0.2) is 4.98 Å². The molecule has 18 heavy (non-hydrogen) atoms. The second-order valence-corrected chi connectivity index (χ2v) is 5.39. The van der Waals surface area contributed by atoms with Gasteiger partial charge in [0.15, 0.2) is 0 Å². The normalized spacial score (nSPS) is 26.7. The molecule has 1 saturated carbocycles. The zero-order valence-corrected chi connectivity index (χ0v) is 10.9. The van der Waals surface area contributed by atoms with Crippen LogP contribution < -0.4 is 11.1 Å². The van der Waals surface area contributed by atoms with Crippen LogP contribution in [0.5, 0.6) is 0 Å². The summed E-state index contributed by atoms with van der Waals surface area (Å²) in [5.41, 5.74) is 5.45. The smallest absolute Gasteiger partial charge is 0.227 e. The molecular weight excluding hydrogens is 228 g/mol. The lowest BCUT2D eigenvalue weighted by Gasteiger charge is -2.44. The molecule has 1 amide bonds. The number of amides is 1. The number of rotatable bonds is 6. The number of imidazole rings is 1. The first-order valence-electron chi connectivity index (χ1n) is 6.63. The second kappa shape index (κ2) is 5.52. The largest absolute Gasteiger partial charge is 0.356 e. The van der Waals surface area contributed by atoms with Gasteiger partial charge >= 0.3 is 0 Å². The molecule has 5 heteroatoms. The third-order valence-corrected chi connectivity index (χ3v) is 3.78. The highest BCUT2D eigenvalue weighted by molar-refractivity contribution is 5.83. The summed E-state index contributed by atoms with van der Waals surface area (Å²) in [6.07, 6.45) is 7.16. The number of nitrogens with one attached hydrogen (secondary N) is 2. The van der Waals surface area contributed by atoms with Crippen LogP contribution in [0.2, 0.25) is 0 Å². The van der Waals surface area contributed by atoms with Crippen molar-refractivity contribution in [3.05, 3.63) is 18.2 Å². The van der Waals surface area contributed by atoms with Gasteiger partial charge in [-0.05, 0) is 25.2 Å². The minimum absolute atomic E-state index is 0.127. The Bertz CT molecular complexity index is 382. The van der Waals surface area contributed by atoms with E-state index in [4.69, 9.17) is 5.73 Å². The van der Waals surface area contributed by atoms with Crippen molar-refractivity contribution in [2.24, 2.45) is 17.1 Å². The Balaban J connectivity index is 1.68. The van der Waals surface area contributed by atoms with Crippen LogP contribution in [-0.4, -0.2) is 29.0 Å². The molecule has 0 radical (unpaired) electrons. The molecule has 1 aliphatic rings. The fourth-order valence-corrected chi connectivity index (χ4v) is 2.80. The van der Waals surface area contributed by atoms with Gasteiger partial charge in [0.25, 0.3) is 0 Å². The van der Waals surface area contributed by atoms with E-state index in [1.165, 1.54) is 0 Å². The van der Waals surface area contributed by atoms with E-state index in [-0.39, 0.29) is 11.3 Å². The molecule has 0 spiro atoms. The van der Waals surface area contributed by atoms with Gasteiger partial charge in [-0.15, -0.1) is 0 Å². The van der Waals surface area contributed by atoms with Crippen molar-refractivity contribution >= 4 is 5.91 Å². The Morgan fingerprint density at radius 2 is 2.44 bits per heavy atom. The molecule has 5 nitrogen and oxygen atoms in total. The molecule has 1 aromatic rings. The van der Waals surface area contributed by atoms with Crippen LogP contribution in [0.1, 0.15) is 32.0 Å². The Labute approximate surface area is 108 Å². The summed E-state index contributed by atoms with van der Waals surface area (Å²) < 4.78 is 0. The molecule has 100 valence electrons. The number of aromatic amines is 1. The molecule has 0 aromatic carbocycles. The molecule has 1 heterocycles. The van der Waals surface area contributed by atoms with Crippen molar-refractivity contribution in [3.63, 3.8) is 0 Å². The predicted molar refractivity (Wildman–Crippen MR) is 69.8 cm³/mol. The minimum atomic E-state index is -0.288. The quantitative estimate of drug-likeness (QED) is 0.654. The van der Waals surface area contributed by atoms with Crippen LogP contribution in [0, 0.1) is 11.3 Å². The second-order valence-electron chi connectivity index (χ2n) is 5.39. The molecular formula is C13H22N4O. The average Bonchev–Trinajstić information content (AvgIpc) is 2.83. The zero-order chi connectivity index (χ0) is 13.0. The number of carbonyl (C=O) groups excluding carboxylic acids is 1. The fraction of sp³-hybridized carbons (Fsp3) is 0.692. The number of aryl methyl sites for hydroxylation is 1. The first-order valence-corrected chi connectivity index (χ1v) is 6.63. The summed E-state index contributed by atoms with van der Waals surface area (Å²) in [7, 11) is 0. The Morgan fingerprint density at radius 1 is 1.67 bits per heavy atom. The Kier molecular flexibility index (Phi) is 4.01. The van der Waals surface area contributed by atoms with Crippen molar-refractivity contribution in [2.75, 3.05) is 13.1 Å². The Hall–Kier alpha value is -1.36. The van der Waals surface area contributed by atoms with E-state index < -0.39 is 0 Å². The van der Waals surface area contributed by atoms with Crippen molar-refractivity contribution in [3.8, 4) is 0 Å². The standard InChI is InChI=1S/C13H22N4O/c1-10-7-13(8-10,9-14)12(18)17-4-2-3-11-15-5-6-16-11/h5-6,10H,2-4,7-9,14H2,1H3,(H,15,16)(H,17,18). The number of hydrogen-bond donors (Lipinski definition) is 3. The Morgan fingerprint density at radius 3 is 3.00 bits per heavy atom. The highest BCUT2D eigenvalue weighted by atomic mass is 16.2. The zero-order valence-electron chi connectivity index (χ0n) is 10.9. The van der Waals surface area contributed by atoms with E-state index in [0.29, 0.717) is 19.0 Å². The molecule has 2 rings (SSSR count). The van der Waals surface area contributed by atoms with Crippen LogP contribution in [-0.2, 0) is 11.2 Å². The summed E-state index contributed by atoms with van der Waals surface area (Å²) >= 11 is 0. The van der Waals surface area contributed by atoms with Crippen molar-refractivity contribution in [1.29, 1.82) is 0 Å². The van der Waals surface area contributed by atoms with E-state index in [2.05, 4.69) is 22.2 Å². The minimum Gasteiger partial charge on any atom is -0.356 e. The van der Waals surface area contributed by atoms with Crippen LogP contribution >= 0.6 is 0 Å². The van der Waals surface area contributed by atoms with Crippen molar-refractivity contribution < 1.29 is 4.79 Å². The van der Waals surface area contributed by atoms with Gasteiger partial charge in [-0.1, -0.05) is 6.92 Å². The molecule has 0 unspecified atom stereocenters. The summed E-state index contributed by atoms with van der Waals surface area (Å²) in [5.74, 6) is 1.72. The van der Waals surface area contributed by atoms with Gasteiger partial charge in [0, 0.05) is 31.9 Å². The maximum atomic E-state index is 12.1. The lowest BCUT2D eigenvalue weighted by Crippen LogP contribution is -2.53. The first kappa shape index (κ1) is 13.1. The van der Waals surface area contributed by atoms with Crippen molar-refractivity contribution in [2.45, 2.75) is 32.6 Å². The molecule has 1 aromatic heterocycles. The van der Waals surface area contributed by atoms with Crippen LogP contribution in [0.15, 0.2) is 12.4 Å². The SMILES string of the molecule is CC1CC(CN)(C(=O)NCCCc2ncc[nH]2)C1. The van der Waals surface area contributed by atoms with Gasteiger partial charge in [-0.2, -0.15) is 0 Å². The van der Waals surface area contributed by atoms with Gasteiger partial charge < -0.3 is 16.0 Å². The van der Waals surface area contributed by atoms with E-state index in [1.54, 1.807) is 6.20 Å². The average molecular weight is 250 g/mol. The van der Waals surface area contributed by atoms with Gasteiger partial charge in [0.05, 0.1) is 5.41 Å². The molecule has 0 saturated heterocycles. The highest BCUT2D eigenvalue weighted by Gasteiger charge is 2.46. The molecule has 4 N–H and O–H groups in total. The summed E-state index contributed by atoms with van der Waals surface area (Å²) in [4.78, 5) is 19.3. The number of hydrogen-bond acceptors (Lipinski definition) is 3. The fourth-order valence-electron chi connectivity index (χ4n) is 2.80. The summed E-state index contributed by atoms with van der Waals surface area (Å²) in [6.45, 7) is 3.31. The number of carbonyl (C=O) groups is 1. The molecule has 0 bridgehead atoms. The summed E-state index contributed by atoms with van der Waals surface area (Å²) in [5, 5.41) is 3.00. The first-order chi connectivity index (χ1) is 8.66. The molecule has 1 aliphatic carbocycles. The number of aromatic nitrogens is 2. The number of nitrogens with zero attached hydrogens (tertiary/aromatic N) is 1. The number of H-pyrrole nitrogens is 1. The lowest BCUT2D eigenvalue weighted by atomic mass is 9.62. The molecule has 1 fully saturated rings. The maximum Gasteiger partial charge on any atom is 0.227 e. The van der Waals surface area contributed by atoms with Crippen LogP contribution in [0.3, 0.4) is 0 Å². The van der Waals surface area contributed by atoms with Gasteiger partial charge in [-0.3, -0.25) is 4.79 Å². The number of nitrogens with two attached hydrogens (primary N) is 1. The van der Waals surface area contributed by atoms with Gasteiger partial charge in [0.1, 0.15) is 5.82 Å². The monoisotopic (exact) mass is 250 g/mol. The van der Waals surface area contributed by atoms with E-state index in [1.807, 2.05) is 6.20 Å². The third kappa shape index (κ3) is 2.72. The van der Waals surface area contributed by atoms with E-state index >= 15 is 0 Å². The predicted octanol–water partition coefficient (Wildman–Crippen LogP) is 0.833. The van der Waals surface area contributed by atoms with Crippen molar-refractivity contribution in [1.82, 2.24) is 15.3 Å². The topological polar surface area (TPSA) is 83.8 Å². The maximum absolute atomic E-state index is 12.1. The third-order valence-electron chi connectivity index (χ3n) is 3.78. The van der Waals surface area contributed by atoms with Gasteiger partial charge in [0.2, 0.25) is 5.91 Å². The summed E-state index contributed by atoms with van der Waals surface area (Å²) in [6, 6.07) is 0. The van der Waals surface area contributed by atoms with Crippen LogP contribution in [0.4, 0.5) is 0 Å². The molecule has 0 aliphatic heterocycles. The molecule has 0 atom stereocenters. The van der Waals surface area contributed by atoms with E-state index in [0.717, 1.165) is 31.5 Å².